The lowest BCUT2D eigenvalue weighted by Gasteiger charge is -2.35. The molecule has 0 bridgehead atoms. The Labute approximate surface area is 197 Å². The molecule has 2 aromatic rings. The van der Waals surface area contributed by atoms with E-state index in [9.17, 15) is 13.2 Å². The molecule has 5 rings (SSSR count). The maximum absolute atomic E-state index is 13.4. The summed E-state index contributed by atoms with van der Waals surface area (Å²) < 4.78 is 40.1. The fourth-order valence-electron chi connectivity index (χ4n) is 4.70. The van der Waals surface area contributed by atoms with E-state index < -0.39 is 11.7 Å². The van der Waals surface area contributed by atoms with Crippen LogP contribution in [0.1, 0.15) is 24.0 Å². The smallest absolute Gasteiger partial charge is 0.368 e. The minimum Gasteiger partial charge on any atom is -0.368 e. The minimum absolute atomic E-state index is 0.0921. The average molecular weight is 474 g/mol. The summed E-state index contributed by atoms with van der Waals surface area (Å²) in [6, 6.07) is 8.12. The van der Waals surface area contributed by atoms with E-state index in [1.54, 1.807) is 0 Å². The van der Waals surface area contributed by atoms with Crippen LogP contribution >= 0.6 is 0 Å². The Hall–Kier alpha value is -3.01. The summed E-state index contributed by atoms with van der Waals surface area (Å²) in [4.78, 5) is 15.3. The standard InChI is InChI=1S/C24H30F3N7/c1-16(31-23(6-7-23)24(25,26)27)34-8-5-17-3-4-18(13-19(17)15-34)20-14-21(30-22(28)29-20)33-11-9-32(2)10-12-33/h3-4,13-14,31H,1,5-12,15H2,2H3,(H2,28,29,30). The Bertz CT molecular complexity index is 1090. The maximum Gasteiger partial charge on any atom is 0.411 e. The number of nitrogens with one attached hydrogen (secondary N) is 1. The first kappa shape index (κ1) is 22.8. The molecule has 1 aliphatic carbocycles. The summed E-state index contributed by atoms with van der Waals surface area (Å²) >= 11 is 0. The number of halogens is 3. The van der Waals surface area contributed by atoms with Gasteiger partial charge < -0.3 is 25.8 Å². The van der Waals surface area contributed by atoms with Crippen molar-refractivity contribution >= 4 is 11.8 Å². The molecule has 0 unspecified atom stereocenters. The second kappa shape index (κ2) is 8.33. The van der Waals surface area contributed by atoms with Gasteiger partial charge in [0.25, 0.3) is 0 Å². The molecule has 1 saturated heterocycles. The van der Waals surface area contributed by atoms with E-state index in [1.807, 2.05) is 17.0 Å². The number of anilines is 2. The largest absolute Gasteiger partial charge is 0.411 e. The molecule has 0 radical (unpaired) electrons. The van der Waals surface area contributed by atoms with Crippen LogP contribution in [0.25, 0.3) is 11.3 Å². The molecule has 0 spiro atoms. The van der Waals surface area contributed by atoms with Crippen LogP contribution in [0.5, 0.6) is 0 Å². The van der Waals surface area contributed by atoms with Gasteiger partial charge in [0.2, 0.25) is 5.95 Å². The molecule has 182 valence electrons. The Morgan fingerprint density at radius 1 is 1.06 bits per heavy atom. The number of nitrogen functional groups attached to an aromatic ring is 1. The minimum atomic E-state index is -4.27. The fraction of sp³-hybridized carbons (Fsp3) is 0.500. The van der Waals surface area contributed by atoms with Crippen molar-refractivity contribution in [2.24, 2.45) is 0 Å². The summed E-state index contributed by atoms with van der Waals surface area (Å²) in [7, 11) is 2.10. The van der Waals surface area contributed by atoms with Crippen LogP contribution < -0.4 is 16.0 Å². The average Bonchev–Trinajstić information content (AvgIpc) is 3.59. The Balaban J connectivity index is 1.34. The molecular formula is C24H30F3N7. The highest BCUT2D eigenvalue weighted by atomic mass is 19.4. The molecule has 10 heteroatoms. The number of aromatic nitrogens is 2. The highest BCUT2D eigenvalue weighted by molar-refractivity contribution is 5.66. The van der Waals surface area contributed by atoms with E-state index in [1.165, 1.54) is 5.56 Å². The monoisotopic (exact) mass is 473 g/mol. The molecule has 1 aromatic heterocycles. The van der Waals surface area contributed by atoms with Gasteiger partial charge in [0, 0.05) is 50.9 Å². The number of alkyl halides is 3. The summed E-state index contributed by atoms with van der Waals surface area (Å²) in [5, 5.41) is 2.67. The van der Waals surface area contributed by atoms with E-state index in [0.717, 1.165) is 55.2 Å². The summed E-state index contributed by atoms with van der Waals surface area (Å²) in [6.45, 7) is 8.71. The first-order valence-corrected chi connectivity index (χ1v) is 11.6. The van der Waals surface area contributed by atoms with Gasteiger partial charge in [-0.2, -0.15) is 18.2 Å². The summed E-state index contributed by atoms with van der Waals surface area (Å²) in [5.74, 6) is 1.37. The van der Waals surface area contributed by atoms with Crippen molar-refractivity contribution in [3.63, 3.8) is 0 Å². The Kier molecular flexibility index (Phi) is 5.58. The van der Waals surface area contributed by atoms with E-state index in [-0.39, 0.29) is 18.8 Å². The Morgan fingerprint density at radius 2 is 1.79 bits per heavy atom. The lowest BCUT2D eigenvalue weighted by atomic mass is 9.96. The lowest BCUT2D eigenvalue weighted by molar-refractivity contribution is -0.165. The van der Waals surface area contributed by atoms with Gasteiger partial charge in [0.15, 0.2) is 0 Å². The predicted molar refractivity (Wildman–Crippen MR) is 126 cm³/mol. The number of nitrogens with two attached hydrogens (primary N) is 1. The van der Waals surface area contributed by atoms with Gasteiger partial charge in [-0.25, -0.2) is 4.98 Å². The van der Waals surface area contributed by atoms with Crippen LogP contribution in [0, 0.1) is 0 Å². The molecule has 1 saturated carbocycles. The number of rotatable bonds is 5. The molecule has 0 amide bonds. The molecule has 34 heavy (non-hydrogen) atoms. The second-order valence-electron chi connectivity index (χ2n) is 9.57. The zero-order chi connectivity index (χ0) is 24.1. The van der Waals surface area contributed by atoms with Crippen molar-refractivity contribution < 1.29 is 13.2 Å². The quantitative estimate of drug-likeness (QED) is 0.692. The van der Waals surface area contributed by atoms with Crippen LogP contribution in [0.4, 0.5) is 24.9 Å². The zero-order valence-corrected chi connectivity index (χ0v) is 19.3. The van der Waals surface area contributed by atoms with Gasteiger partial charge in [0.1, 0.15) is 11.4 Å². The van der Waals surface area contributed by atoms with Gasteiger partial charge in [-0.1, -0.05) is 18.7 Å². The van der Waals surface area contributed by atoms with E-state index in [4.69, 9.17) is 5.73 Å². The topological polar surface area (TPSA) is 73.5 Å². The van der Waals surface area contributed by atoms with E-state index in [0.29, 0.717) is 18.9 Å². The second-order valence-corrected chi connectivity index (χ2v) is 9.57. The molecule has 0 atom stereocenters. The molecule has 1 aromatic carbocycles. The van der Waals surface area contributed by atoms with Crippen molar-refractivity contribution in [3.05, 3.63) is 47.8 Å². The molecule has 2 fully saturated rings. The molecule has 2 aliphatic heterocycles. The normalized spacial score (nSPS) is 20.1. The highest BCUT2D eigenvalue weighted by Gasteiger charge is 2.63. The van der Waals surface area contributed by atoms with Gasteiger partial charge in [-0.05, 0) is 43.5 Å². The van der Waals surface area contributed by atoms with Gasteiger partial charge in [-0.15, -0.1) is 0 Å². The molecule has 7 nitrogen and oxygen atoms in total. The number of hydrogen-bond donors (Lipinski definition) is 2. The predicted octanol–water partition coefficient (Wildman–Crippen LogP) is 2.99. The third-order valence-corrected chi connectivity index (χ3v) is 7.13. The number of hydrogen-bond acceptors (Lipinski definition) is 7. The number of nitrogens with zero attached hydrogens (tertiary/aromatic N) is 5. The van der Waals surface area contributed by atoms with Crippen LogP contribution in [0.15, 0.2) is 36.7 Å². The summed E-state index contributed by atoms with van der Waals surface area (Å²) in [5.41, 5.74) is 8.14. The maximum atomic E-state index is 13.4. The molecule has 3 aliphatic rings. The van der Waals surface area contributed by atoms with Crippen LogP contribution in [0.2, 0.25) is 0 Å². The van der Waals surface area contributed by atoms with Crippen LogP contribution in [-0.2, 0) is 13.0 Å². The van der Waals surface area contributed by atoms with Crippen molar-refractivity contribution in [3.8, 4) is 11.3 Å². The third kappa shape index (κ3) is 4.38. The summed E-state index contributed by atoms with van der Waals surface area (Å²) in [6.07, 6.45) is -3.34. The highest BCUT2D eigenvalue weighted by Crippen LogP contribution is 2.49. The SMILES string of the molecule is C=C(NC1(C(F)(F)F)CC1)N1CCc2ccc(-c3cc(N4CCN(C)CC4)nc(N)n3)cc2C1. The molecular weight excluding hydrogens is 443 g/mol. The van der Waals surface area contributed by atoms with Crippen molar-refractivity contribution in [2.75, 3.05) is 50.4 Å². The van der Waals surface area contributed by atoms with Crippen LogP contribution in [-0.4, -0.2) is 71.3 Å². The van der Waals surface area contributed by atoms with Crippen molar-refractivity contribution in [1.82, 2.24) is 25.1 Å². The van der Waals surface area contributed by atoms with Crippen molar-refractivity contribution in [2.45, 2.75) is 37.5 Å². The fourth-order valence-corrected chi connectivity index (χ4v) is 4.70. The van der Waals surface area contributed by atoms with Crippen molar-refractivity contribution in [1.29, 1.82) is 0 Å². The Morgan fingerprint density at radius 3 is 2.47 bits per heavy atom. The zero-order valence-electron chi connectivity index (χ0n) is 19.3. The number of likely N-dealkylation sites (N-methyl/N-ethyl adjacent to an activating group) is 1. The lowest BCUT2D eigenvalue weighted by Crippen LogP contribution is -2.48. The van der Waals surface area contributed by atoms with Gasteiger partial charge >= 0.3 is 6.18 Å². The number of benzene rings is 1. The third-order valence-electron chi connectivity index (χ3n) is 7.13. The first-order chi connectivity index (χ1) is 16.1. The van der Waals surface area contributed by atoms with E-state index >= 15 is 0 Å². The van der Waals surface area contributed by atoms with E-state index in [2.05, 4.69) is 50.8 Å². The number of piperazine rings is 1. The first-order valence-electron chi connectivity index (χ1n) is 11.6. The molecule has 3 N–H and O–H groups in total. The molecule has 3 heterocycles. The number of fused-ring (bicyclic) bond motifs is 1. The van der Waals surface area contributed by atoms with Gasteiger partial charge in [-0.3, -0.25) is 0 Å². The van der Waals surface area contributed by atoms with Gasteiger partial charge in [0.05, 0.1) is 11.5 Å². The van der Waals surface area contributed by atoms with Crippen LogP contribution in [0.3, 0.4) is 0 Å².